The summed E-state index contributed by atoms with van der Waals surface area (Å²) in [5, 5.41) is 2.93. The van der Waals surface area contributed by atoms with Crippen molar-refractivity contribution in [3.05, 3.63) is 119 Å². The summed E-state index contributed by atoms with van der Waals surface area (Å²) in [7, 11) is -4.29. The highest BCUT2D eigenvalue weighted by molar-refractivity contribution is 7.90. The number of carbonyl (C=O) groups is 1. The summed E-state index contributed by atoms with van der Waals surface area (Å²) in [6, 6.07) is 18.3. The number of carbonyl (C=O) groups excluding carboxylic acids is 1. The van der Waals surface area contributed by atoms with Crippen LogP contribution in [-0.2, 0) is 27.8 Å². The number of aryl methyl sites for hydroxylation is 2. The normalized spacial score (nSPS) is 16.7. The molecule has 0 unspecified atom stereocenters. The molecule has 11 heteroatoms. The van der Waals surface area contributed by atoms with Crippen LogP contribution in [0.4, 0.5) is 18.0 Å². The number of amides is 1. The summed E-state index contributed by atoms with van der Waals surface area (Å²) in [5.41, 5.74) is 2.32. The molecular formula is C36H34F3N3O4S. The van der Waals surface area contributed by atoms with Crippen molar-refractivity contribution in [2.75, 3.05) is 0 Å². The fraction of sp³-hybridized carbons (Fsp3) is 0.278. The fourth-order valence-electron chi connectivity index (χ4n) is 6.30. The summed E-state index contributed by atoms with van der Waals surface area (Å²) in [6.07, 6.45) is 3.94. The van der Waals surface area contributed by atoms with Crippen molar-refractivity contribution in [1.82, 2.24) is 14.3 Å². The molecule has 47 heavy (non-hydrogen) atoms. The maximum atomic E-state index is 15.4. The van der Waals surface area contributed by atoms with E-state index in [1.54, 1.807) is 19.1 Å². The lowest BCUT2D eigenvalue weighted by atomic mass is 9.83. The van der Waals surface area contributed by atoms with E-state index < -0.39 is 33.6 Å². The zero-order valence-electron chi connectivity index (χ0n) is 26.0. The smallest absolute Gasteiger partial charge is 0.407 e. The second-order valence-corrected chi connectivity index (χ2v) is 14.0. The predicted octanol–water partition coefficient (Wildman–Crippen LogP) is 8.00. The van der Waals surface area contributed by atoms with Gasteiger partial charge in [-0.1, -0.05) is 54.4 Å². The van der Waals surface area contributed by atoms with E-state index in [9.17, 15) is 17.6 Å². The highest BCUT2D eigenvalue weighted by Gasteiger charge is 2.28. The van der Waals surface area contributed by atoms with E-state index in [0.717, 1.165) is 40.4 Å². The molecule has 6 rings (SSSR count). The molecule has 0 spiro atoms. The molecule has 1 N–H and O–H groups in total. The molecule has 0 bridgehead atoms. The number of rotatable bonds is 8. The minimum atomic E-state index is -4.29. The molecule has 1 aliphatic rings. The zero-order chi connectivity index (χ0) is 33.3. The molecule has 0 saturated heterocycles. The molecular weight excluding hydrogens is 627 g/mol. The third-order valence-electron chi connectivity index (χ3n) is 8.66. The molecule has 5 aromatic rings. The molecule has 1 fully saturated rings. The van der Waals surface area contributed by atoms with E-state index in [1.165, 1.54) is 24.4 Å². The van der Waals surface area contributed by atoms with E-state index in [0.29, 0.717) is 18.1 Å². The van der Waals surface area contributed by atoms with E-state index in [4.69, 9.17) is 4.74 Å². The fourth-order valence-corrected chi connectivity index (χ4v) is 7.67. The lowest BCUT2D eigenvalue weighted by Gasteiger charge is -2.29. The van der Waals surface area contributed by atoms with Gasteiger partial charge in [0.15, 0.2) is 5.82 Å². The first kappa shape index (κ1) is 32.3. The van der Waals surface area contributed by atoms with Gasteiger partial charge in [0, 0.05) is 29.3 Å². The minimum Gasteiger partial charge on any atom is -0.445 e. The van der Waals surface area contributed by atoms with Gasteiger partial charge in [0.25, 0.3) is 10.0 Å². The Morgan fingerprint density at radius 1 is 0.979 bits per heavy atom. The molecule has 0 aliphatic heterocycles. The first-order valence-corrected chi connectivity index (χ1v) is 16.9. The number of ether oxygens (including phenoxy) is 1. The molecule has 0 radical (unpaired) electrons. The number of nitrogens with one attached hydrogen (secondary N) is 1. The van der Waals surface area contributed by atoms with E-state index in [1.807, 2.05) is 37.3 Å². The van der Waals surface area contributed by atoms with Gasteiger partial charge in [0.05, 0.1) is 16.3 Å². The van der Waals surface area contributed by atoms with Gasteiger partial charge in [0.1, 0.15) is 23.8 Å². The number of alkyl carbamates (subject to hydrolysis) is 1. The highest BCUT2D eigenvalue weighted by Crippen LogP contribution is 2.37. The lowest BCUT2D eigenvalue weighted by Crippen LogP contribution is -2.39. The topological polar surface area (TPSA) is 90.3 Å². The van der Waals surface area contributed by atoms with Crippen molar-refractivity contribution in [2.45, 2.75) is 63.5 Å². The van der Waals surface area contributed by atoms with Crippen LogP contribution >= 0.6 is 0 Å². The maximum absolute atomic E-state index is 15.4. The van der Waals surface area contributed by atoms with Gasteiger partial charge in [-0.2, -0.15) is 0 Å². The summed E-state index contributed by atoms with van der Waals surface area (Å²) in [4.78, 5) is 17.0. The molecule has 3 aromatic carbocycles. The molecule has 2 atom stereocenters. The van der Waals surface area contributed by atoms with Crippen molar-refractivity contribution in [2.24, 2.45) is 5.92 Å². The second kappa shape index (κ2) is 13.2. The third kappa shape index (κ3) is 6.90. The first-order valence-electron chi connectivity index (χ1n) is 15.5. The van der Waals surface area contributed by atoms with Crippen LogP contribution in [0, 0.1) is 37.2 Å². The van der Waals surface area contributed by atoms with Crippen LogP contribution < -0.4 is 5.32 Å². The van der Waals surface area contributed by atoms with Crippen LogP contribution in [0.2, 0.25) is 0 Å². The number of nitrogens with zero attached hydrogens (tertiary/aromatic N) is 2. The number of pyridine rings is 1. The van der Waals surface area contributed by atoms with Crippen LogP contribution in [0.1, 0.15) is 48.1 Å². The van der Waals surface area contributed by atoms with Gasteiger partial charge in [-0.05, 0) is 80.8 Å². The van der Waals surface area contributed by atoms with Gasteiger partial charge in [-0.15, -0.1) is 0 Å². The number of hydrogen-bond acceptors (Lipinski definition) is 5. The SMILES string of the molecule is Cc1ccc(S(=O)(=O)n2cc(-c3nc(C[C@@H]4CCC[C@H](NC(=O)OCc5ccccc5)C4)c(F)cc3C)c3cc(F)cc(F)c32)cc1. The summed E-state index contributed by atoms with van der Waals surface area (Å²) < 4.78 is 78.9. The molecule has 2 aromatic heterocycles. The Morgan fingerprint density at radius 2 is 1.72 bits per heavy atom. The standard InChI is InChI=1S/C36H34F3N3O4S/c1-22-11-13-28(14-12-22)47(44,45)42-20-30(29-18-26(37)19-32(39)35(29)42)34-23(2)15-31(38)33(41-34)17-25-9-6-10-27(16-25)40-36(43)46-21-24-7-4-3-5-8-24/h3-5,7-8,11-15,18-20,25,27H,6,9-10,16-17,21H2,1-2H3,(H,40,43)/t25-,27+/m1/s1. The zero-order valence-corrected chi connectivity index (χ0v) is 26.8. The number of benzene rings is 3. The Balaban J connectivity index is 1.28. The predicted molar refractivity (Wildman–Crippen MR) is 173 cm³/mol. The van der Waals surface area contributed by atoms with Crippen LogP contribution in [0.25, 0.3) is 22.2 Å². The van der Waals surface area contributed by atoms with Gasteiger partial charge < -0.3 is 10.1 Å². The van der Waals surface area contributed by atoms with Gasteiger partial charge in [-0.3, -0.25) is 0 Å². The molecule has 1 aliphatic carbocycles. The Morgan fingerprint density at radius 3 is 2.47 bits per heavy atom. The Hall–Kier alpha value is -4.64. The Kier molecular flexibility index (Phi) is 9.09. The second-order valence-electron chi connectivity index (χ2n) is 12.2. The van der Waals surface area contributed by atoms with Crippen molar-refractivity contribution in [1.29, 1.82) is 0 Å². The van der Waals surface area contributed by atoms with Crippen LogP contribution in [0.3, 0.4) is 0 Å². The van der Waals surface area contributed by atoms with Gasteiger partial charge in [0.2, 0.25) is 0 Å². The minimum absolute atomic E-state index is 0.00104. The van der Waals surface area contributed by atoms with Crippen molar-refractivity contribution >= 4 is 27.0 Å². The van der Waals surface area contributed by atoms with Gasteiger partial charge >= 0.3 is 6.09 Å². The Bertz CT molecular complexity index is 2050. The van der Waals surface area contributed by atoms with Crippen LogP contribution in [0.15, 0.2) is 83.9 Å². The Labute approximate surface area is 271 Å². The molecule has 244 valence electrons. The summed E-state index contributed by atoms with van der Waals surface area (Å²) in [6.45, 7) is 3.58. The van der Waals surface area contributed by atoms with Crippen LogP contribution in [-0.4, -0.2) is 29.5 Å². The number of fused-ring (bicyclic) bond motifs is 1. The largest absolute Gasteiger partial charge is 0.445 e. The maximum Gasteiger partial charge on any atom is 0.407 e. The molecule has 1 saturated carbocycles. The first-order chi connectivity index (χ1) is 22.5. The third-order valence-corrected chi connectivity index (χ3v) is 10.3. The molecule has 1 amide bonds. The monoisotopic (exact) mass is 661 g/mol. The highest BCUT2D eigenvalue weighted by atomic mass is 32.2. The van der Waals surface area contributed by atoms with Crippen LogP contribution in [0.5, 0.6) is 0 Å². The quantitative estimate of drug-likeness (QED) is 0.182. The van der Waals surface area contributed by atoms with Crippen molar-refractivity contribution in [3.63, 3.8) is 0 Å². The molecule has 2 heterocycles. The summed E-state index contributed by atoms with van der Waals surface area (Å²) in [5.74, 6) is -2.47. The number of halogens is 3. The van der Waals surface area contributed by atoms with Crippen molar-refractivity contribution in [3.8, 4) is 11.3 Å². The molecule has 7 nitrogen and oxygen atoms in total. The van der Waals surface area contributed by atoms with Crippen molar-refractivity contribution < 1.29 is 31.1 Å². The number of aromatic nitrogens is 2. The average molecular weight is 662 g/mol. The van der Waals surface area contributed by atoms with E-state index in [2.05, 4.69) is 10.3 Å². The summed E-state index contributed by atoms with van der Waals surface area (Å²) >= 11 is 0. The van der Waals surface area contributed by atoms with E-state index >= 15 is 8.78 Å². The van der Waals surface area contributed by atoms with E-state index in [-0.39, 0.29) is 57.7 Å². The number of hydrogen-bond donors (Lipinski definition) is 1. The lowest BCUT2D eigenvalue weighted by molar-refractivity contribution is 0.130. The van der Waals surface area contributed by atoms with Gasteiger partial charge in [-0.25, -0.2) is 35.3 Å². The average Bonchev–Trinajstić information content (AvgIpc) is 3.43.